The van der Waals surface area contributed by atoms with Crippen LogP contribution in [0.25, 0.3) is 10.9 Å². The molecule has 0 fully saturated rings. The first-order valence-corrected chi connectivity index (χ1v) is 6.86. The van der Waals surface area contributed by atoms with Crippen molar-refractivity contribution in [2.45, 2.75) is 20.8 Å². The van der Waals surface area contributed by atoms with Crippen LogP contribution in [0.5, 0.6) is 0 Å². The van der Waals surface area contributed by atoms with E-state index in [1.165, 1.54) is 12.1 Å². The monoisotopic (exact) mass is 281 g/mol. The van der Waals surface area contributed by atoms with Crippen LogP contribution >= 0.6 is 0 Å². The van der Waals surface area contributed by atoms with Crippen molar-refractivity contribution in [3.63, 3.8) is 0 Å². The number of ketones is 1. The molecule has 106 valence electrons. The summed E-state index contributed by atoms with van der Waals surface area (Å²) >= 11 is 0. The average Bonchev–Trinajstić information content (AvgIpc) is 2.80. The van der Waals surface area contributed by atoms with Crippen molar-refractivity contribution >= 4 is 16.7 Å². The maximum atomic E-state index is 13.2. The highest BCUT2D eigenvalue weighted by molar-refractivity contribution is 6.17. The predicted molar refractivity (Wildman–Crippen MR) is 82.3 cm³/mol. The number of aryl methyl sites for hydroxylation is 3. The Kier molecular flexibility index (Phi) is 3.13. The second-order valence-corrected chi connectivity index (χ2v) is 5.50. The molecule has 0 bridgehead atoms. The van der Waals surface area contributed by atoms with Crippen molar-refractivity contribution in [3.05, 3.63) is 70.2 Å². The lowest BCUT2D eigenvalue weighted by Gasteiger charge is -2.10. The number of hydrogen-bond donors (Lipinski definition) is 1. The second kappa shape index (κ2) is 4.85. The molecule has 0 spiro atoms. The number of benzene rings is 2. The Hall–Kier alpha value is -2.42. The van der Waals surface area contributed by atoms with Crippen LogP contribution in [-0.2, 0) is 0 Å². The molecule has 0 saturated carbocycles. The first-order valence-electron chi connectivity index (χ1n) is 6.86. The molecule has 2 nitrogen and oxygen atoms in total. The molecular weight excluding hydrogens is 265 g/mol. The molecular formula is C18H16FNO. The summed E-state index contributed by atoms with van der Waals surface area (Å²) in [6, 6.07) is 8.44. The minimum Gasteiger partial charge on any atom is -0.360 e. The lowest BCUT2D eigenvalue weighted by atomic mass is 9.93. The molecule has 0 saturated heterocycles. The Labute approximate surface area is 122 Å². The quantitative estimate of drug-likeness (QED) is 0.691. The first kappa shape index (κ1) is 13.6. The number of nitrogens with one attached hydrogen (secondary N) is 1. The molecule has 3 heteroatoms. The van der Waals surface area contributed by atoms with Gasteiger partial charge in [0.15, 0.2) is 5.78 Å². The van der Waals surface area contributed by atoms with Crippen LogP contribution in [0.3, 0.4) is 0 Å². The maximum Gasteiger partial charge on any atom is 0.195 e. The molecule has 21 heavy (non-hydrogen) atoms. The SMILES string of the molecule is Cc1cc(C)c(C(=O)c2c[nH]c3cc(F)ccc23)c(C)c1. The van der Waals surface area contributed by atoms with E-state index in [0.29, 0.717) is 11.1 Å². The van der Waals surface area contributed by atoms with Gasteiger partial charge in [0.25, 0.3) is 0 Å². The van der Waals surface area contributed by atoms with Gasteiger partial charge in [-0.3, -0.25) is 4.79 Å². The van der Waals surface area contributed by atoms with Gasteiger partial charge in [-0.25, -0.2) is 4.39 Å². The molecule has 0 aliphatic rings. The van der Waals surface area contributed by atoms with Gasteiger partial charge in [-0.05, 0) is 50.1 Å². The van der Waals surface area contributed by atoms with E-state index in [2.05, 4.69) is 4.98 Å². The van der Waals surface area contributed by atoms with Crippen LogP contribution in [0.2, 0.25) is 0 Å². The smallest absolute Gasteiger partial charge is 0.195 e. The summed E-state index contributed by atoms with van der Waals surface area (Å²) in [7, 11) is 0. The van der Waals surface area contributed by atoms with E-state index in [1.807, 2.05) is 32.9 Å². The van der Waals surface area contributed by atoms with Gasteiger partial charge in [0.2, 0.25) is 0 Å². The number of carbonyl (C=O) groups excluding carboxylic acids is 1. The number of H-pyrrole nitrogens is 1. The highest BCUT2D eigenvalue weighted by Gasteiger charge is 2.18. The van der Waals surface area contributed by atoms with Crippen molar-refractivity contribution in [2.75, 3.05) is 0 Å². The number of hydrogen-bond acceptors (Lipinski definition) is 1. The lowest BCUT2D eigenvalue weighted by molar-refractivity contribution is 0.103. The van der Waals surface area contributed by atoms with Crippen LogP contribution in [0.1, 0.15) is 32.6 Å². The number of rotatable bonds is 2. The number of fused-ring (bicyclic) bond motifs is 1. The third-order valence-electron chi connectivity index (χ3n) is 3.79. The molecule has 0 amide bonds. The Balaban J connectivity index is 2.18. The lowest BCUT2D eigenvalue weighted by Crippen LogP contribution is -2.06. The minimum atomic E-state index is -0.314. The fourth-order valence-corrected chi connectivity index (χ4v) is 2.96. The van der Waals surface area contributed by atoms with Crippen molar-refractivity contribution in [1.29, 1.82) is 0 Å². The van der Waals surface area contributed by atoms with Crippen molar-refractivity contribution < 1.29 is 9.18 Å². The molecule has 0 aliphatic carbocycles. The standard InChI is InChI=1S/C18H16FNO/c1-10-6-11(2)17(12(3)7-10)18(21)15-9-20-16-8-13(19)4-5-14(15)16/h4-9,20H,1-3H3. The Morgan fingerprint density at radius 3 is 2.38 bits per heavy atom. The van der Waals surface area contributed by atoms with Crippen LogP contribution in [0, 0.1) is 26.6 Å². The van der Waals surface area contributed by atoms with Gasteiger partial charge in [0.1, 0.15) is 5.82 Å². The van der Waals surface area contributed by atoms with Gasteiger partial charge in [0, 0.05) is 28.2 Å². The van der Waals surface area contributed by atoms with Crippen LogP contribution < -0.4 is 0 Å². The summed E-state index contributed by atoms with van der Waals surface area (Å²) in [4.78, 5) is 15.8. The van der Waals surface area contributed by atoms with Crippen molar-refractivity contribution in [1.82, 2.24) is 4.98 Å². The van der Waals surface area contributed by atoms with Gasteiger partial charge < -0.3 is 4.98 Å². The van der Waals surface area contributed by atoms with E-state index in [4.69, 9.17) is 0 Å². The number of halogens is 1. The van der Waals surface area contributed by atoms with E-state index in [9.17, 15) is 9.18 Å². The molecule has 3 rings (SSSR count). The molecule has 0 aliphatic heterocycles. The zero-order valence-corrected chi connectivity index (χ0v) is 12.3. The fourth-order valence-electron chi connectivity index (χ4n) is 2.96. The summed E-state index contributed by atoms with van der Waals surface area (Å²) in [5.74, 6) is -0.339. The van der Waals surface area contributed by atoms with Gasteiger partial charge in [-0.1, -0.05) is 17.7 Å². The zero-order chi connectivity index (χ0) is 15.1. The Morgan fingerprint density at radius 2 is 1.71 bits per heavy atom. The van der Waals surface area contributed by atoms with Crippen LogP contribution in [0.15, 0.2) is 36.5 Å². The summed E-state index contributed by atoms with van der Waals surface area (Å²) in [5.41, 5.74) is 5.03. The molecule has 0 unspecified atom stereocenters. The summed E-state index contributed by atoms with van der Waals surface area (Å²) < 4.78 is 13.2. The zero-order valence-electron chi connectivity index (χ0n) is 12.3. The third kappa shape index (κ3) is 2.25. The topological polar surface area (TPSA) is 32.9 Å². The third-order valence-corrected chi connectivity index (χ3v) is 3.79. The second-order valence-electron chi connectivity index (χ2n) is 5.50. The van der Waals surface area contributed by atoms with Crippen molar-refractivity contribution in [2.24, 2.45) is 0 Å². The van der Waals surface area contributed by atoms with Crippen molar-refractivity contribution in [3.8, 4) is 0 Å². The highest BCUT2D eigenvalue weighted by Crippen LogP contribution is 2.25. The van der Waals surface area contributed by atoms with Gasteiger partial charge in [-0.2, -0.15) is 0 Å². The van der Waals surface area contributed by atoms with Crippen LogP contribution in [0.4, 0.5) is 4.39 Å². The molecule has 3 aromatic rings. The minimum absolute atomic E-state index is 0.0251. The largest absolute Gasteiger partial charge is 0.360 e. The van der Waals surface area contributed by atoms with E-state index in [-0.39, 0.29) is 11.6 Å². The van der Waals surface area contributed by atoms with Gasteiger partial charge in [0.05, 0.1) is 0 Å². The predicted octanol–water partition coefficient (Wildman–Crippen LogP) is 4.46. The van der Waals surface area contributed by atoms with E-state index in [0.717, 1.165) is 27.6 Å². The highest BCUT2D eigenvalue weighted by atomic mass is 19.1. The fraction of sp³-hybridized carbons (Fsp3) is 0.167. The summed E-state index contributed by atoms with van der Waals surface area (Å²) in [5, 5.41) is 0.751. The van der Waals surface area contributed by atoms with E-state index < -0.39 is 0 Å². The molecule has 0 atom stereocenters. The maximum absolute atomic E-state index is 13.2. The molecule has 1 aromatic heterocycles. The van der Waals surface area contributed by atoms with Gasteiger partial charge >= 0.3 is 0 Å². The molecule has 2 aromatic carbocycles. The number of aromatic amines is 1. The molecule has 1 heterocycles. The molecule has 0 radical (unpaired) electrons. The first-order chi connectivity index (χ1) is 9.97. The normalized spacial score (nSPS) is 11.0. The Morgan fingerprint density at radius 1 is 1.05 bits per heavy atom. The molecule has 1 N–H and O–H groups in total. The van der Waals surface area contributed by atoms with E-state index in [1.54, 1.807) is 12.3 Å². The summed E-state index contributed by atoms with van der Waals surface area (Å²) in [6.45, 7) is 5.91. The summed E-state index contributed by atoms with van der Waals surface area (Å²) in [6.07, 6.45) is 1.66. The number of carbonyl (C=O) groups is 1. The Bertz CT molecular complexity index is 838. The van der Waals surface area contributed by atoms with Crippen LogP contribution in [-0.4, -0.2) is 10.8 Å². The number of aromatic nitrogens is 1. The van der Waals surface area contributed by atoms with Gasteiger partial charge in [-0.15, -0.1) is 0 Å². The average molecular weight is 281 g/mol. The van der Waals surface area contributed by atoms with E-state index >= 15 is 0 Å².